The zero-order chi connectivity index (χ0) is 12.2. The average Bonchev–Trinajstić information content (AvgIpc) is 2.20. The fourth-order valence-electron chi connectivity index (χ4n) is 1.29. The molecule has 1 unspecified atom stereocenters. The Bertz CT molecular complexity index is 358. The second-order valence-electron chi connectivity index (χ2n) is 4.05. The van der Waals surface area contributed by atoms with Crippen LogP contribution in [0.3, 0.4) is 0 Å². The van der Waals surface area contributed by atoms with Gasteiger partial charge in [0.1, 0.15) is 5.82 Å². The molecule has 0 spiro atoms. The Morgan fingerprint density at radius 3 is 2.81 bits per heavy atom. The summed E-state index contributed by atoms with van der Waals surface area (Å²) in [5, 5.41) is 13.1. The average molecular weight is 305 g/mol. The van der Waals surface area contributed by atoms with Gasteiger partial charge in [-0.1, -0.05) is 0 Å². The van der Waals surface area contributed by atoms with E-state index in [9.17, 15) is 5.11 Å². The third-order valence-electron chi connectivity index (χ3n) is 2.13. The van der Waals surface area contributed by atoms with Crippen molar-refractivity contribution in [3.63, 3.8) is 0 Å². The van der Waals surface area contributed by atoms with E-state index in [1.165, 1.54) is 0 Å². The van der Waals surface area contributed by atoms with Crippen LogP contribution in [0.2, 0.25) is 0 Å². The van der Waals surface area contributed by atoms with Crippen molar-refractivity contribution in [3.05, 3.63) is 22.3 Å². The van der Waals surface area contributed by atoms with E-state index in [1.54, 1.807) is 11.8 Å². The molecule has 0 saturated heterocycles. The van der Waals surface area contributed by atoms with Gasteiger partial charge in [0, 0.05) is 16.8 Å². The summed E-state index contributed by atoms with van der Waals surface area (Å²) in [6.45, 7) is 4.26. The molecule has 90 valence electrons. The quantitative estimate of drug-likeness (QED) is 0.878. The molecule has 0 amide bonds. The third-order valence-corrected chi connectivity index (χ3v) is 3.88. The van der Waals surface area contributed by atoms with Gasteiger partial charge in [-0.15, -0.1) is 0 Å². The smallest absolute Gasteiger partial charge is 0.126 e. The van der Waals surface area contributed by atoms with Crippen LogP contribution in [0.25, 0.3) is 0 Å². The Morgan fingerprint density at radius 2 is 2.25 bits per heavy atom. The highest BCUT2D eigenvalue weighted by Gasteiger charge is 2.19. The zero-order valence-electron chi connectivity index (χ0n) is 9.75. The highest BCUT2D eigenvalue weighted by atomic mass is 79.9. The van der Waals surface area contributed by atoms with E-state index in [0.717, 1.165) is 16.0 Å². The summed E-state index contributed by atoms with van der Waals surface area (Å²) < 4.78 is 0.994. The first-order chi connectivity index (χ1) is 7.44. The second-order valence-corrected chi connectivity index (χ2v) is 5.77. The molecule has 0 aliphatic carbocycles. The molecule has 1 aromatic rings. The molecule has 5 heteroatoms. The third kappa shape index (κ3) is 4.31. The van der Waals surface area contributed by atoms with Crippen LogP contribution in [0.5, 0.6) is 0 Å². The van der Waals surface area contributed by atoms with Crippen LogP contribution in [0, 0.1) is 6.92 Å². The molecule has 0 saturated carbocycles. The van der Waals surface area contributed by atoms with Crippen molar-refractivity contribution in [3.8, 4) is 0 Å². The van der Waals surface area contributed by atoms with Crippen molar-refractivity contribution in [1.29, 1.82) is 0 Å². The Balaban J connectivity index is 2.57. The van der Waals surface area contributed by atoms with Gasteiger partial charge < -0.3 is 10.4 Å². The number of nitrogens with one attached hydrogen (secondary N) is 1. The summed E-state index contributed by atoms with van der Waals surface area (Å²) in [4.78, 5) is 4.36. The lowest BCUT2D eigenvalue weighted by atomic mass is 10.1. The van der Waals surface area contributed by atoms with Crippen molar-refractivity contribution >= 4 is 33.5 Å². The summed E-state index contributed by atoms with van der Waals surface area (Å²) in [6, 6.07) is 3.85. The predicted octanol–water partition coefficient (Wildman–Crippen LogP) is 2.68. The van der Waals surface area contributed by atoms with Crippen LogP contribution in [-0.4, -0.2) is 34.2 Å². The van der Waals surface area contributed by atoms with Crippen LogP contribution in [-0.2, 0) is 0 Å². The monoisotopic (exact) mass is 304 g/mol. The number of thioether (sulfide) groups is 1. The van der Waals surface area contributed by atoms with E-state index in [4.69, 9.17) is 0 Å². The van der Waals surface area contributed by atoms with Gasteiger partial charge >= 0.3 is 0 Å². The van der Waals surface area contributed by atoms with E-state index in [-0.39, 0.29) is 0 Å². The van der Waals surface area contributed by atoms with Gasteiger partial charge in [-0.3, -0.25) is 0 Å². The molecule has 3 nitrogen and oxygen atoms in total. The summed E-state index contributed by atoms with van der Waals surface area (Å²) in [7, 11) is 0. The highest BCUT2D eigenvalue weighted by molar-refractivity contribution is 9.10. The molecule has 0 radical (unpaired) electrons. The van der Waals surface area contributed by atoms with Gasteiger partial charge in [-0.2, -0.15) is 11.8 Å². The van der Waals surface area contributed by atoms with E-state index in [1.807, 2.05) is 32.2 Å². The molecule has 0 aromatic carbocycles. The van der Waals surface area contributed by atoms with Crippen molar-refractivity contribution in [1.82, 2.24) is 4.98 Å². The molecule has 0 aliphatic heterocycles. The fraction of sp³-hybridized carbons (Fsp3) is 0.545. The zero-order valence-corrected chi connectivity index (χ0v) is 12.2. The number of halogens is 1. The minimum atomic E-state index is -0.706. The lowest BCUT2D eigenvalue weighted by molar-refractivity contribution is 0.0996. The number of aryl methyl sites for hydroxylation is 1. The number of anilines is 1. The molecule has 1 atom stereocenters. The number of pyridine rings is 1. The first-order valence-corrected chi connectivity index (χ1v) is 7.21. The van der Waals surface area contributed by atoms with Crippen LogP contribution in [0.4, 0.5) is 5.82 Å². The standard InChI is InChI=1S/C11H17BrN2OS/c1-8-9(12)4-5-10(14-8)13-6-11(2,15)7-16-3/h4-5,15H,6-7H2,1-3H3,(H,13,14). The van der Waals surface area contributed by atoms with Crippen LogP contribution in [0.15, 0.2) is 16.6 Å². The maximum absolute atomic E-state index is 9.98. The van der Waals surface area contributed by atoms with Crippen LogP contribution < -0.4 is 5.32 Å². The Morgan fingerprint density at radius 1 is 1.56 bits per heavy atom. The highest BCUT2D eigenvalue weighted by Crippen LogP contribution is 2.17. The van der Waals surface area contributed by atoms with Gasteiger partial charge in [-0.25, -0.2) is 4.98 Å². The fourth-order valence-corrected chi connectivity index (χ4v) is 2.23. The lowest BCUT2D eigenvalue weighted by Gasteiger charge is -2.22. The minimum Gasteiger partial charge on any atom is -0.387 e. The topological polar surface area (TPSA) is 45.1 Å². The van der Waals surface area contributed by atoms with Crippen LogP contribution in [0.1, 0.15) is 12.6 Å². The van der Waals surface area contributed by atoms with E-state index >= 15 is 0 Å². The summed E-state index contributed by atoms with van der Waals surface area (Å²) in [6.07, 6.45) is 1.98. The predicted molar refractivity (Wildman–Crippen MR) is 74.2 cm³/mol. The summed E-state index contributed by atoms with van der Waals surface area (Å²) in [5.74, 6) is 1.50. The molecule has 2 N–H and O–H groups in total. The van der Waals surface area contributed by atoms with E-state index in [2.05, 4.69) is 26.2 Å². The molecule has 0 aliphatic rings. The molecule has 16 heavy (non-hydrogen) atoms. The SMILES string of the molecule is CSCC(C)(O)CNc1ccc(Br)c(C)n1. The first kappa shape index (κ1) is 13.8. The minimum absolute atomic E-state index is 0.502. The maximum atomic E-state index is 9.98. The van der Waals surface area contributed by atoms with Crippen molar-refractivity contribution in [2.45, 2.75) is 19.4 Å². The molecule has 1 rings (SSSR count). The first-order valence-electron chi connectivity index (χ1n) is 5.03. The molecule has 1 heterocycles. The summed E-state index contributed by atoms with van der Waals surface area (Å²) in [5.41, 5.74) is 0.233. The Labute approximate surface area is 109 Å². The van der Waals surface area contributed by atoms with Gasteiger partial charge in [0.2, 0.25) is 0 Å². The van der Waals surface area contributed by atoms with Crippen molar-refractivity contribution < 1.29 is 5.11 Å². The summed E-state index contributed by atoms with van der Waals surface area (Å²) >= 11 is 5.03. The van der Waals surface area contributed by atoms with Gasteiger partial charge in [0.15, 0.2) is 0 Å². The lowest BCUT2D eigenvalue weighted by Crippen LogP contribution is -2.36. The Hall–Kier alpha value is -0.260. The van der Waals surface area contributed by atoms with Gasteiger partial charge in [0.05, 0.1) is 11.3 Å². The number of aliphatic hydroxyl groups is 1. The van der Waals surface area contributed by atoms with E-state index in [0.29, 0.717) is 12.3 Å². The molecule has 0 bridgehead atoms. The number of rotatable bonds is 5. The van der Waals surface area contributed by atoms with Gasteiger partial charge in [-0.05, 0) is 48.2 Å². The number of hydrogen-bond donors (Lipinski definition) is 2. The molecular weight excluding hydrogens is 288 g/mol. The van der Waals surface area contributed by atoms with Gasteiger partial charge in [0.25, 0.3) is 0 Å². The number of aromatic nitrogens is 1. The maximum Gasteiger partial charge on any atom is 0.126 e. The molecular formula is C11H17BrN2OS. The second kappa shape index (κ2) is 5.89. The molecule has 1 aromatic heterocycles. The van der Waals surface area contributed by atoms with E-state index < -0.39 is 5.60 Å². The number of nitrogens with zero attached hydrogens (tertiary/aromatic N) is 1. The normalized spacial score (nSPS) is 14.6. The van der Waals surface area contributed by atoms with Crippen molar-refractivity contribution in [2.24, 2.45) is 0 Å². The number of hydrogen-bond acceptors (Lipinski definition) is 4. The van der Waals surface area contributed by atoms with Crippen LogP contribution >= 0.6 is 27.7 Å². The Kier molecular flexibility index (Phi) is 5.08. The van der Waals surface area contributed by atoms with Crippen molar-refractivity contribution in [2.75, 3.05) is 23.9 Å². The molecule has 0 fully saturated rings. The largest absolute Gasteiger partial charge is 0.387 e.